The van der Waals surface area contributed by atoms with Crippen LogP contribution < -0.4 is 5.32 Å². The van der Waals surface area contributed by atoms with E-state index in [4.69, 9.17) is 17.0 Å². The van der Waals surface area contributed by atoms with Gasteiger partial charge in [0.05, 0.1) is 6.04 Å². The van der Waals surface area contributed by atoms with Crippen molar-refractivity contribution < 1.29 is 4.74 Å². The van der Waals surface area contributed by atoms with Crippen LogP contribution in [-0.2, 0) is 4.74 Å². The van der Waals surface area contributed by atoms with E-state index in [0.29, 0.717) is 11.2 Å². The lowest BCUT2D eigenvalue weighted by molar-refractivity contribution is 0.112. The second-order valence-corrected chi connectivity index (χ2v) is 3.23. The number of thiocarbonyl (C=S) groups is 1. The molecule has 0 amide bonds. The summed E-state index contributed by atoms with van der Waals surface area (Å²) in [5, 5.41) is 3.54. The quantitative estimate of drug-likeness (QED) is 0.515. The van der Waals surface area contributed by atoms with E-state index in [9.17, 15) is 0 Å². The van der Waals surface area contributed by atoms with Crippen molar-refractivity contribution in [2.45, 2.75) is 32.4 Å². The molecule has 1 saturated heterocycles. The summed E-state index contributed by atoms with van der Waals surface area (Å²) in [4.78, 5) is 0. The van der Waals surface area contributed by atoms with Gasteiger partial charge < -0.3 is 10.1 Å². The highest BCUT2D eigenvalue weighted by Gasteiger charge is 2.35. The molecule has 0 aromatic carbocycles. The molecule has 1 heterocycles. The summed E-state index contributed by atoms with van der Waals surface area (Å²) in [7, 11) is 0. The maximum atomic E-state index is 5.28. The fourth-order valence-corrected chi connectivity index (χ4v) is 1.10. The minimum Gasteiger partial charge on any atom is -0.463 e. The van der Waals surface area contributed by atoms with Gasteiger partial charge in [0.1, 0.15) is 5.60 Å². The molecule has 1 fully saturated rings. The van der Waals surface area contributed by atoms with Crippen molar-refractivity contribution in [2.75, 3.05) is 0 Å². The fraction of sp³-hybridized carbons (Fsp3) is 0.833. The van der Waals surface area contributed by atoms with Gasteiger partial charge in [0.2, 0.25) is 0 Å². The minimum absolute atomic E-state index is 0.128. The minimum atomic E-state index is -0.128. The number of rotatable bonds is 0. The zero-order valence-electron chi connectivity index (χ0n) is 5.89. The molecule has 1 atom stereocenters. The maximum Gasteiger partial charge on any atom is 0.257 e. The first kappa shape index (κ1) is 6.81. The standard InChI is InChI=1S/C6H11NOS/c1-4-6(2,3)8-5(9)7-4/h4H,1-3H3,(H,7,9). The predicted molar refractivity (Wildman–Crippen MR) is 40.4 cm³/mol. The van der Waals surface area contributed by atoms with Gasteiger partial charge in [0.15, 0.2) is 0 Å². The number of nitrogens with one attached hydrogen (secondary N) is 1. The van der Waals surface area contributed by atoms with Crippen molar-refractivity contribution in [3.8, 4) is 0 Å². The van der Waals surface area contributed by atoms with Gasteiger partial charge in [-0.1, -0.05) is 0 Å². The van der Waals surface area contributed by atoms with Crippen molar-refractivity contribution >= 4 is 17.4 Å². The molecule has 0 spiro atoms. The Balaban J connectivity index is 2.69. The number of ether oxygens (including phenoxy) is 1. The van der Waals surface area contributed by atoms with Gasteiger partial charge in [0, 0.05) is 0 Å². The Morgan fingerprint density at radius 3 is 2.33 bits per heavy atom. The van der Waals surface area contributed by atoms with Crippen molar-refractivity contribution in [2.24, 2.45) is 0 Å². The molecular formula is C6H11NOS. The molecule has 0 aliphatic carbocycles. The van der Waals surface area contributed by atoms with Crippen LogP contribution in [0.15, 0.2) is 0 Å². The van der Waals surface area contributed by atoms with E-state index in [2.05, 4.69) is 12.2 Å². The molecule has 1 aliphatic rings. The molecule has 1 rings (SSSR count). The average molecular weight is 145 g/mol. The summed E-state index contributed by atoms with van der Waals surface area (Å²) >= 11 is 4.81. The van der Waals surface area contributed by atoms with Gasteiger partial charge in [-0.15, -0.1) is 0 Å². The number of hydrogen-bond acceptors (Lipinski definition) is 2. The van der Waals surface area contributed by atoms with Crippen molar-refractivity contribution in [3.63, 3.8) is 0 Å². The van der Waals surface area contributed by atoms with Gasteiger partial charge >= 0.3 is 0 Å². The predicted octanol–water partition coefficient (Wildman–Crippen LogP) is 1.06. The molecule has 0 aromatic rings. The lowest BCUT2D eigenvalue weighted by Crippen LogP contribution is -2.35. The lowest BCUT2D eigenvalue weighted by atomic mass is 10.0. The largest absolute Gasteiger partial charge is 0.463 e. The van der Waals surface area contributed by atoms with E-state index in [1.165, 1.54) is 0 Å². The Bertz CT molecular complexity index is 144. The maximum absolute atomic E-state index is 5.28. The Kier molecular flexibility index (Phi) is 1.39. The van der Waals surface area contributed by atoms with E-state index in [1.54, 1.807) is 0 Å². The van der Waals surface area contributed by atoms with Gasteiger partial charge in [0.25, 0.3) is 5.17 Å². The van der Waals surface area contributed by atoms with E-state index < -0.39 is 0 Å². The van der Waals surface area contributed by atoms with Crippen LogP contribution >= 0.6 is 12.2 Å². The van der Waals surface area contributed by atoms with Crippen molar-refractivity contribution in [3.05, 3.63) is 0 Å². The van der Waals surface area contributed by atoms with Crippen LogP contribution in [0.25, 0.3) is 0 Å². The Labute approximate surface area is 60.6 Å². The van der Waals surface area contributed by atoms with Gasteiger partial charge in [-0.25, -0.2) is 0 Å². The Hall–Kier alpha value is -0.310. The van der Waals surface area contributed by atoms with Crippen LogP contribution in [0.3, 0.4) is 0 Å². The zero-order chi connectivity index (χ0) is 7.07. The van der Waals surface area contributed by atoms with E-state index >= 15 is 0 Å². The van der Waals surface area contributed by atoms with Crippen LogP contribution in [0.4, 0.5) is 0 Å². The second-order valence-electron chi connectivity index (χ2n) is 2.86. The Morgan fingerprint density at radius 1 is 1.67 bits per heavy atom. The molecule has 52 valence electrons. The molecule has 1 N–H and O–H groups in total. The third-order valence-corrected chi connectivity index (χ3v) is 1.93. The van der Waals surface area contributed by atoms with Gasteiger partial charge in [-0.3, -0.25) is 0 Å². The molecule has 0 saturated carbocycles. The van der Waals surface area contributed by atoms with E-state index in [-0.39, 0.29) is 5.60 Å². The average Bonchev–Trinajstić information content (AvgIpc) is 1.79. The highest BCUT2D eigenvalue weighted by molar-refractivity contribution is 7.80. The van der Waals surface area contributed by atoms with Crippen LogP contribution in [0.1, 0.15) is 20.8 Å². The first-order valence-corrected chi connectivity index (χ1v) is 3.43. The van der Waals surface area contributed by atoms with Crippen LogP contribution in [0.5, 0.6) is 0 Å². The highest BCUT2D eigenvalue weighted by atomic mass is 32.1. The summed E-state index contributed by atoms with van der Waals surface area (Å²) in [5.41, 5.74) is -0.128. The first-order chi connectivity index (χ1) is 4.02. The summed E-state index contributed by atoms with van der Waals surface area (Å²) in [6.07, 6.45) is 0. The molecule has 9 heavy (non-hydrogen) atoms. The molecular weight excluding hydrogens is 134 g/mol. The molecule has 2 nitrogen and oxygen atoms in total. The van der Waals surface area contributed by atoms with Gasteiger partial charge in [-0.05, 0) is 33.0 Å². The summed E-state index contributed by atoms with van der Waals surface area (Å²) < 4.78 is 5.28. The van der Waals surface area contributed by atoms with E-state index in [0.717, 1.165) is 0 Å². The lowest BCUT2D eigenvalue weighted by Gasteiger charge is -2.19. The smallest absolute Gasteiger partial charge is 0.257 e. The first-order valence-electron chi connectivity index (χ1n) is 3.02. The highest BCUT2D eigenvalue weighted by Crippen LogP contribution is 2.20. The molecule has 0 bridgehead atoms. The third kappa shape index (κ3) is 1.15. The third-order valence-electron chi connectivity index (χ3n) is 1.73. The number of hydrogen-bond donors (Lipinski definition) is 1. The molecule has 1 aliphatic heterocycles. The Morgan fingerprint density at radius 2 is 2.22 bits per heavy atom. The zero-order valence-corrected chi connectivity index (χ0v) is 6.71. The van der Waals surface area contributed by atoms with Crippen molar-refractivity contribution in [1.82, 2.24) is 5.32 Å². The van der Waals surface area contributed by atoms with E-state index in [1.807, 2.05) is 13.8 Å². The van der Waals surface area contributed by atoms with Crippen LogP contribution in [0.2, 0.25) is 0 Å². The summed E-state index contributed by atoms with van der Waals surface area (Å²) in [5.74, 6) is 0. The normalized spacial score (nSPS) is 31.4. The van der Waals surface area contributed by atoms with Crippen molar-refractivity contribution in [1.29, 1.82) is 0 Å². The topological polar surface area (TPSA) is 21.3 Å². The molecule has 0 radical (unpaired) electrons. The summed E-state index contributed by atoms with van der Waals surface area (Å²) in [6, 6.07) is 0.324. The molecule has 1 unspecified atom stereocenters. The summed E-state index contributed by atoms with van der Waals surface area (Å²) in [6.45, 7) is 6.09. The van der Waals surface area contributed by atoms with Crippen LogP contribution in [-0.4, -0.2) is 16.8 Å². The SMILES string of the molecule is CC1NC(=S)OC1(C)C. The fourth-order valence-electron chi connectivity index (χ4n) is 0.707. The monoisotopic (exact) mass is 145 g/mol. The van der Waals surface area contributed by atoms with Gasteiger partial charge in [-0.2, -0.15) is 0 Å². The second kappa shape index (κ2) is 1.84. The molecule has 0 aromatic heterocycles. The molecule has 3 heteroatoms. The van der Waals surface area contributed by atoms with Crippen LogP contribution in [0, 0.1) is 0 Å².